The monoisotopic (exact) mass is 370 g/mol. The quantitative estimate of drug-likeness (QED) is 0.608. The number of carbonyl (C=O) groups excluding carboxylic acids is 1. The molecule has 1 saturated heterocycles. The van der Waals surface area contributed by atoms with E-state index in [1.54, 1.807) is 18.2 Å². The number of methoxy groups -OCH3 is 1. The predicted molar refractivity (Wildman–Crippen MR) is 88.0 cm³/mol. The van der Waals surface area contributed by atoms with Crippen LogP contribution in [0.25, 0.3) is 11.5 Å². The maximum absolute atomic E-state index is 11.9. The van der Waals surface area contributed by atoms with Gasteiger partial charge in [0.05, 0.1) is 7.11 Å². The Hall–Kier alpha value is -1.74. The first-order chi connectivity index (χ1) is 11.5. The van der Waals surface area contributed by atoms with Gasteiger partial charge in [0.15, 0.2) is 12.7 Å². The van der Waals surface area contributed by atoms with Crippen LogP contribution >= 0.6 is 23.8 Å². The van der Waals surface area contributed by atoms with Crippen LogP contribution in [0.3, 0.4) is 0 Å². The zero-order valence-electron chi connectivity index (χ0n) is 12.9. The molecular weight excluding hydrogens is 354 g/mol. The van der Waals surface area contributed by atoms with Gasteiger partial charge in [0.2, 0.25) is 5.89 Å². The standard InChI is InChI=1S/C15H16ClN3O4S/c1-22-14(21)12-6-11(20)7-18(12)8-19-15(24)23-13(17-19)9-3-2-4-10(16)5-9/h2-5,11-12,20H,6-8H2,1H3/p+1/t11-,12+/m1/s1. The van der Waals surface area contributed by atoms with Crippen LogP contribution < -0.4 is 4.90 Å². The highest BCUT2D eigenvalue weighted by Crippen LogP contribution is 2.21. The average Bonchev–Trinajstić information content (AvgIpc) is 3.10. The summed E-state index contributed by atoms with van der Waals surface area (Å²) in [6, 6.07) is 6.66. The molecule has 0 saturated carbocycles. The Labute approximate surface area is 148 Å². The second kappa shape index (κ2) is 7.02. The van der Waals surface area contributed by atoms with Crippen LogP contribution in [-0.2, 0) is 16.2 Å². The summed E-state index contributed by atoms with van der Waals surface area (Å²) in [4.78, 5) is 12.9. The number of aliphatic hydroxyl groups excluding tert-OH is 1. The molecule has 1 unspecified atom stereocenters. The fraction of sp³-hybridized carbons (Fsp3) is 0.400. The van der Waals surface area contributed by atoms with Gasteiger partial charge in [-0.3, -0.25) is 0 Å². The van der Waals surface area contributed by atoms with E-state index in [0.717, 1.165) is 4.90 Å². The Balaban J connectivity index is 1.83. The van der Waals surface area contributed by atoms with Crippen LogP contribution in [-0.4, -0.2) is 46.7 Å². The molecule has 2 N–H and O–H groups in total. The second-order valence-electron chi connectivity index (χ2n) is 5.67. The van der Waals surface area contributed by atoms with E-state index in [0.29, 0.717) is 36.1 Å². The molecule has 1 aliphatic heterocycles. The molecule has 1 aromatic carbocycles. The average molecular weight is 371 g/mol. The number of nitrogens with zero attached hydrogens (tertiary/aromatic N) is 2. The number of rotatable bonds is 4. The number of hydrogen-bond donors (Lipinski definition) is 2. The molecule has 1 aromatic heterocycles. The summed E-state index contributed by atoms with van der Waals surface area (Å²) < 4.78 is 11.8. The fourth-order valence-corrected chi connectivity index (χ4v) is 3.26. The maximum atomic E-state index is 11.9. The van der Waals surface area contributed by atoms with Crippen molar-refractivity contribution in [1.82, 2.24) is 9.78 Å². The Morgan fingerprint density at radius 3 is 3.12 bits per heavy atom. The minimum Gasteiger partial charge on any atom is -0.465 e. The van der Waals surface area contributed by atoms with Crippen molar-refractivity contribution >= 4 is 29.8 Å². The first-order valence-corrected chi connectivity index (χ1v) is 8.21. The molecule has 2 heterocycles. The van der Waals surface area contributed by atoms with E-state index in [4.69, 9.17) is 33.0 Å². The molecule has 0 spiro atoms. The summed E-state index contributed by atoms with van der Waals surface area (Å²) >= 11 is 11.2. The topological polar surface area (TPSA) is 81.9 Å². The number of halogens is 1. The number of esters is 1. The third-order valence-electron chi connectivity index (χ3n) is 4.01. The van der Waals surface area contributed by atoms with Gasteiger partial charge in [-0.1, -0.05) is 17.7 Å². The van der Waals surface area contributed by atoms with Gasteiger partial charge in [-0.15, -0.1) is 5.10 Å². The summed E-state index contributed by atoms with van der Waals surface area (Å²) in [5.41, 5.74) is 0.716. The van der Waals surface area contributed by atoms with Crippen LogP contribution in [0, 0.1) is 4.84 Å². The Morgan fingerprint density at radius 2 is 2.42 bits per heavy atom. The lowest BCUT2D eigenvalue weighted by Crippen LogP contribution is -3.14. The predicted octanol–water partition coefficient (Wildman–Crippen LogP) is 0.675. The van der Waals surface area contributed by atoms with E-state index >= 15 is 0 Å². The summed E-state index contributed by atoms with van der Waals surface area (Å²) in [5.74, 6) is 0.00268. The lowest BCUT2D eigenvalue weighted by Gasteiger charge is -2.18. The molecule has 0 amide bonds. The Morgan fingerprint density at radius 1 is 1.62 bits per heavy atom. The third kappa shape index (κ3) is 3.51. The number of aromatic nitrogens is 2. The molecule has 0 bridgehead atoms. The van der Waals surface area contributed by atoms with Crippen LogP contribution in [0.2, 0.25) is 5.02 Å². The lowest BCUT2D eigenvalue weighted by molar-refractivity contribution is -0.928. The van der Waals surface area contributed by atoms with Crippen LogP contribution in [0.4, 0.5) is 0 Å². The number of hydrogen-bond acceptors (Lipinski definition) is 6. The van der Waals surface area contributed by atoms with Gasteiger partial charge in [0.1, 0.15) is 12.6 Å². The number of carbonyl (C=O) groups is 1. The second-order valence-corrected chi connectivity index (χ2v) is 6.45. The highest BCUT2D eigenvalue weighted by molar-refractivity contribution is 7.71. The highest BCUT2D eigenvalue weighted by Gasteiger charge is 2.41. The van der Waals surface area contributed by atoms with E-state index < -0.39 is 12.1 Å². The summed E-state index contributed by atoms with van der Waals surface area (Å²) in [6.07, 6.45) is -0.202. The maximum Gasteiger partial charge on any atom is 0.364 e. The smallest absolute Gasteiger partial charge is 0.364 e. The van der Waals surface area contributed by atoms with Crippen LogP contribution in [0.1, 0.15) is 6.42 Å². The van der Waals surface area contributed by atoms with Crippen molar-refractivity contribution in [3.8, 4) is 11.5 Å². The normalized spacial score (nSPS) is 23.4. The number of aliphatic hydroxyl groups is 1. The largest absolute Gasteiger partial charge is 0.465 e. The van der Waals surface area contributed by atoms with Crippen molar-refractivity contribution in [3.63, 3.8) is 0 Å². The van der Waals surface area contributed by atoms with Gasteiger partial charge in [-0.25, -0.2) is 4.79 Å². The summed E-state index contributed by atoms with van der Waals surface area (Å²) in [7, 11) is 1.34. The van der Waals surface area contributed by atoms with Gasteiger partial charge < -0.3 is 19.2 Å². The molecule has 9 heteroatoms. The molecule has 3 atom stereocenters. The molecular formula is C15H17ClN3O4S+. The van der Waals surface area contributed by atoms with Crippen molar-refractivity contribution in [3.05, 3.63) is 34.1 Å². The number of quaternary nitrogens is 1. The number of ether oxygens (including phenoxy) is 1. The van der Waals surface area contributed by atoms with Crippen molar-refractivity contribution in [2.45, 2.75) is 25.2 Å². The highest BCUT2D eigenvalue weighted by atomic mass is 35.5. The zero-order chi connectivity index (χ0) is 17.3. The Kier molecular flexibility index (Phi) is 5.00. The molecule has 2 aromatic rings. The van der Waals surface area contributed by atoms with Crippen molar-refractivity contribution in [2.75, 3.05) is 13.7 Å². The van der Waals surface area contributed by atoms with Crippen LogP contribution in [0.5, 0.6) is 0 Å². The third-order valence-corrected chi connectivity index (χ3v) is 4.54. The van der Waals surface area contributed by atoms with E-state index in [1.165, 1.54) is 11.8 Å². The fourth-order valence-electron chi connectivity index (χ4n) is 2.88. The van der Waals surface area contributed by atoms with E-state index in [-0.39, 0.29) is 10.8 Å². The molecule has 0 radical (unpaired) electrons. The van der Waals surface area contributed by atoms with Gasteiger partial charge >= 0.3 is 5.97 Å². The van der Waals surface area contributed by atoms with Crippen LogP contribution in [0.15, 0.2) is 28.7 Å². The number of likely N-dealkylation sites (tertiary alicyclic amines) is 1. The number of benzene rings is 1. The minimum atomic E-state index is -0.558. The summed E-state index contributed by atoms with van der Waals surface area (Å²) in [6.45, 7) is 0.723. The molecule has 1 aliphatic rings. The first-order valence-electron chi connectivity index (χ1n) is 7.42. The molecule has 0 aliphatic carbocycles. The van der Waals surface area contributed by atoms with Gasteiger partial charge in [-0.05, 0) is 30.4 Å². The number of nitrogens with one attached hydrogen (secondary N) is 1. The van der Waals surface area contributed by atoms with Crippen molar-refractivity contribution in [2.24, 2.45) is 0 Å². The van der Waals surface area contributed by atoms with Gasteiger partial charge in [0, 0.05) is 17.0 Å². The molecule has 1 fully saturated rings. The SMILES string of the molecule is COC(=O)[C@@H]1C[C@@H](O)C[NH+]1Cn1nc(-c2cccc(Cl)c2)oc1=S. The van der Waals surface area contributed by atoms with E-state index in [2.05, 4.69) is 5.10 Å². The van der Waals surface area contributed by atoms with Crippen molar-refractivity contribution in [1.29, 1.82) is 0 Å². The van der Waals surface area contributed by atoms with Crippen molar-refractivity contribution < 1.29 is 24.0 Å². The Bertz CT molecular complexity index is 806. The zero-order valence-corrected chi connectivity index (χ0v) is 14.5. The molecule has 128 valence electrons. The van der Waals surface area contributed by atoms with E-state index in [9.17, 15) is 9.90 Å². The minimum absolute atomic E-state index is 0.197. The molecule has 24 heavy (non-hydrogen) atoms. The van der Waals surface area contributed by atoms with Gasteiger partial charge in [0.25, 0.3) is 4.84 Å². The summed E-state index contributed by atoms with van der Waals surface area (Å²) in [5, 5.41) is 14.8. The lowest BCUT2D eigenvalue weighted by atomic mass is 10.2. The molecule has 7 nitrogen and oxygen atoms in total. The van der Waals surface area contributed by atoms with Gasteiger partial charge in [-0.2, -0.15) is 4.68 Å². The van der Waals surface area contributed by atoms with E-state index in [1.807, 2.05) is 6.07 Å². The first kappa shape index (κ1) is 17.1. The molecule has 3 rings (SSSR count).